The second-order valence-corrected chi connectivity index (χ2v) is 6.44. The van der Waals surface area contributed by atoms with Gasteiger partial charge in [0.05, 0.1) is 6.10 Å². The summed E-state index contributed by atoms with van der Waals surface area (Å²) in [7, 11) is 0. The Kier molecular flexibility index (Phi) is 16.2. The maximum absolute atomic E-state index is 9.34. The van der Waals surface area contributed by atoms with Gasteiger partial charge in [0.2, 0.25) is 0 Å². The third kappa shape index (κ3) is 16.1. The molecule has 0 fully saturated rings. The highest BCUT2D eigenvalue weighted by Gasteiger charge is 2.09. The van der Waals surface area contributed by atoms with Crippen molar-refractivity contribution in [1.29, 1.82) is 0 Å². The number of aliphatic hydroxyl groups excluding tert-OH is 2. The van der Waals surface area contributed by atoms with E-state index in [-0.39, 0.29) is 0 Å². The first kappa shape index (κ1) is 20.9. The zero-order valence-corrected chi connectivity index (χ0v) is 14.2. The van der Waals surface area contributed by atoms with Gasteiger partial charge in [-0.3, -0.25) is 0 Å². The van der Waals surface area contributed by atoms with Crippen LogP contribution in [-0.4, -0.2) is 22.5 Å². The Balaban J connectivity index is 3.03. The van der Waals surface area contributed by atoms with Crippen LogP contribution in [0.4, 0.5) is 0 Å². The van der Waals surface area contributed by atoms with Crippen LogP contribution >= 0.6 is 0 Å². The van der Waals surface area contributed by atoms with E-state index >= 15 is 0 Å². The van der Waals surface area contributed by atoms with Crippen molar-refractivity contribution >= 4 is 0 Å². The Morgan fingerprint density at radius 1 is 0.619 bits per heavy atom. The minimum Gasteiger partial charge on any atom is -0.389 e. The summed E-state index contributed by atoms with van der Waals surface area (Å²) in [6.45, 7) is 2.27. The van der Waals surface area contributed by atoms with Gasteiger partial charge in [-0.25, -0.2) is 0 Å². The molecule has 2 unspecified atom stereocenters. The molecule has 2 atom stereocenters. The van der Waals surface area contributed by atoms with Crippen molar-refractivity contribution in [3.8, 4) is 0 Å². The zero-order valence-electron chi connectivity index (χ0n) is 14.2. The lowest BCUT2D eigenvalue weighted by Gasteiger charge is -2.12. The number of hydrogen-bond acceptors (Lipinski definition) is 3. The maximum atomic E-state index is 9.34. The van der Waals surface area contributed by atoms with Crippen molar-refractivity contribution in [1.82, 2.24) is 0 Å². The molecule has 0 aromatic carbocycles. The number of hydrogen-bond donors (Lipinski definition) is 3. The molecule has 4 N–H and O–H groups in total. The number of nitrogens with two attached hydrogens (primary N) is 1. The van der Waals surface area contributed by atoms with E-state index in [9.17, 15) is 5.11 Å². The standard InChI is InChI=1S/C18H39NO2/c1-2-3-4-5-6-7-8-9-10-11-12-13-14-15-16-17(20)18(19)21/h17-18,20-21H,2-16,19H2,1H3. The van der Waals surface area contributed by atoms with Gasteiger partial charge in [-0.2, -0.15) is 0 Å². The molecular weight excluding hydrogens is 262 g/mol. The SMILES string of the molecule is CCCCCCCCCCCCCCCCC(O)C(N)O. The molecule has 0 radical (unpaired) electrons. The van der Waals surface area contributed by atoms with Gasteiger partial charge in [0.25, 0.3) is 0 Å². The molecule has 0 spiro atoms. The first-order valence-corrected chi connectivity index (χ1v) is 9.30. The van der Waals surface area contributed by atoms with Crippen LogP contribution in [0, 0.1) is 0 Å². The fraction of sp³-hybridized carbons (Fsp3) is 1.00. The Bertz CT molecular complexity index is 198. The molecule has 3 heteroatoms. The summed E-state index contributed by atoms with van der Waals surface area (Å²) in [6, 6.07) is 0. The maximum Gasteiger partial charge on any atom is 0.128 e. The molecule has 3 nitrogen and oxygen atoms in total. The van der Waals surface area contributed by atoms with Crippen molar-refractivity contribution in [2.24, 2.45) is 5.73 Å². The monoisotopic (exact) mass is 301 g/mol. The van der Waals surface area contributed by atoms with Gasteiger partial charge in [0.15, 0.2) is 0 Å². The van der Waals surface area contributed by atoms with Crippen molar-refractivity contribution < 1.29 is 10.2 Å². The molecule has 0 aliphatic carbocycles. The van der Waals surface area contributed by atoms with Crippen molar-refractivity contribution in [2.75, 3.05) is 0 Å². The van der Waals surface area contributed by atoms with E-state index in [1.165, 1.54) is 77.0 Å². The minimum absolute atomic E-state index is 0.621. The summed E-state index contributed by atoms with van der Waals surface area (Å²) in [5.74, 6) is 0. The molecule has 0 aromatic heterocycles. The molecule has 0 saturated carbocycles. The van der Waals surface area contributed by atoms with Crippen LogP contribution in [-0.2, 0) is 0 Å². The summed E-state index contributed by atoms with van der Waals surface area (Å²) in [6.07, 6.45) is 17.4. The van der Waals surface area contributed by atoms with E-state index in [0.717, 1.165) is 12.8 Å². The number of unbranched alkanes of at least 4 members (excludes halogenated alkanes) is 13. The summed E-state index contributed by atoms with van der Waals surface area (Å²) < 4.78 is 0. The highest BCUT2D eigenvalue weighted by molar-refractivity contribution is 4.60. The summed E-state index contributed by atoms with van der Waals surface area (Å²) in [5, 5.41) is 18.3. The molecule has 0 bridgehead atoms. The quantitative estimate of drug-likeness (QED) is 0.290. The Hall–Kier alpha value is -0.120. The largest absolute Gasteiger partial charge is 0.389 e. The van der Waals surface area contributed by atoms with Gasteiger partial charge in [-0.15, -0.1) is 0 Å². The van der Waals surface area contributed by atoms with Crippen LogP contribution in [0.5, 0.6) is 0 Å². The smallest absolute Gasteiger partial charge is 0.128 e. The third-order valence-electron chi connectivity index (χ3n) is 4.25. The Labute approximate surface area is 132 Å². The lowest BCUT2D eigenvalue weighted by molar-refractivity contribution is 0.0173. The van der Waals surface area contributed by atoms with Gasteiger partial charge in [-0.05, 0) is 6.42 Å². The molecule has 128 valence electrons. The molecule has 0 rings (SSSR count). The highest BCUT2D eigenvalue weighted by atomic mass is 16.3. The molecular formula is C18H39NO2. The first-order valence-electron chi connectivity index (χ1n) is 9.30. The predicted molar refractivity (Wildman–Crippen MR) is 91.1 cm³/mol. The van der Waals surface area contributed by atoms with E-state index in [4.69, 9.17) is 10.8 Å². The van der Waals surface area contributed by atoms with E-state index in [1.807, 2.05) is 0 Å². The predicted octanol–water partition coefficient (Wildman–Crippen LogP) is 4.50. The topological polar surface area (TPSA) is 66.5 Å². The highest BCUT2D eigenvalue weighted by Crippen LogP contribution is 2.13. The molecule has 0 heterocycles. The lowest BCUT2D eigenvalue weighted by Crippen LogP contribution is -2.33. The second kappa shape index (κ2) is 16.3. The van der Waals surface area contributed by atoms with Gasteiger partial charge in [0.1, 0.15) is 6.23 Å². The van der Waals surface area contributed by atoms with Crippen LogP contribution in [0.15, 0.2) is 0 Å². The van der Waals surface area contributed by atoms with Gasteiger partial charge in [-0.1, -0.05) is 96.8 Å². The number of aliphatic hydroxyl groups is 2. The Morgan fingerprint density at radius 3 is 1.29 bits per heavy atom. The second-order valence-electron chi connectivity index (χ2n) is 6.44. The molecule has 21 heavy (non-hydrogen) atoms. The zero-order chi connectivity index (χ0) is 15.8. The van der Waals surface area contributed by atoms with E-state index in [1.54, 1.807) is 0 Å². The van der Waals surface area contributed by atoms with E-state index in [2.05, 4.69) is 6.92 Å². The molecule has 0 saturated heterocycles. The van der Waals surface area contributed by atoms with Crippen LogP contribution in [0.2, 0.25) is 0 Å². The summed E-state index contributed by atoms with van der Waals surface area (Å²) in [4.78, 5) is 0. The fourth-order valence-electron chi connectivity index (χ4n) is 2.72. The van der Waals surface area contributed by atoms with Gasteiger partial charge >= 0.3 is 0 Å². The fourth-order valence-corrected chi connectivity index (χ4v) is 2.72. The Morgan fingerprint density at radius 2 is 0.952 bits per heavy atom. The van der Waals surface area contributed by atoms with Gasteiger partial charge < -0.3 is 15.9 Å². The normalized spacial score (nSPS) is 14.3. The molecule has 0 aromatic rings. The lowest BCUT2D eigenvalue weighted by atomic mass is 10.0. The van der Waals surface area contributed by atoms with Gasteiger partial charge in [0, 0.05) is 0 Å². The van der Waals surface area contributed by atoms with Crippen LogP contribution in [0.25, 0.3) is 0 Å². The average molecular weight is 302 g/mol. The van der Waals surface area contributed by atoms with Crippen LogP contribution in [0.3, 0.4) is 0 Å². The molecule has 0 aliphatic rings. The minimum atomic E-state index is -1.08. The van der Waals surface area contributed by atoms with Crippen molar-refractivity contribution in [3.05, 3.63) is 0 Å². The van der Waals surface area contributed by atoms with Crippen molar-refractivity contribution in [3.63, 3.8) is 0 Å². The number of rotatable bonds is 16. The summed E-state index contributed by atoms with van der Waals surface area (Å²) >= 11 is 0. The summed E-state index contributed by atoms with van der Waals surface area (Å²) in [5.41, 5.74) is 5.20. The average Bonchev–Trinajstić information content (AvgIpc) is 2.47. The van der Waals surface area contributed by atoms with Crippen LogP contribution < -0.4 is 5.73 Å². The first-order chi connectivity index (χ1) is 10.2. The molecule has 0 amide bonds. The van der Waals surface area contributed by atoms with E-state index in [0.29, 0.717) is 6.42 Å². The van der Waals surface area contributed by atoms with E-state index < -0.39 is 12.3 Å². The van der Waals surface area contributed by atoms with Crippen molar-refractivity contribution in [2.45, 2.75) is 116 Å². The third-order valence-corrected chi connectivity index (χ3v) is 4.25. The van der Waals surface area contributed by atoms with Crippen LogP contribution in [0.1, 0.15) is 103 Å². The molecule has 0 aliphatic heterocycles.